The molecule has 3 nitrogen and oxygen atoms in total. The summed E-state index contributed by atoms with van der Waals surface area (Å²) >= 11 is 0. The maximum Gasteiger partial charge on any atom is 0.0233 e. The van der Waals surface area contributed by atoms with Crippen molar-refractivity contribution in [3.63, 3.8) is 0 Å². The molecular formula is C11H21N3. The number of nitrogens with one attached hydrogen (secondary N) is 1. The van der Waals surface area contributed by atoms with Crippen molar-refractivity contribution in [1.29, 1.82) is 0 Å². The van der Waals surface area contributed by atoms with E-state index in [1.165, 1.54) is 58.5 Å². The molecule has 1 atom stereocenters. The summed E-state index contributed by atoms with van der Waals surface area (Å²) in [5.41, 5.74) is 0. The van der Waals surface area contributed by atoms with Crippen molar-refractivity contribution in [1.82, 2.24) is 15.1 Å². The summed E-state index contributed by atoms with van der Waals surface area (Å²) < 4.78 is 0. The molecule has 0 bridgehead atoms. The van der Waals surface area contributed by atoms with Gasteiger partial charge in [-0.25, -0.2) is 0 Å². The number of hydrogen-bond donors (Lipinski definition) is 1. The lowest BCUT2D eigenvalue weighted by Gasteiger charge is -2.37. The van der Waals surface area contributed by atoms with Crippen LogP contribution in [-0.4, -0.2) is 61.2 Å². The highest BCUT2D eigenvalue weighted by Crippen LogP contribution is 2.27. The lowest BCUT2D eigenvalue weighted by Crippen LogP contribution is -2.51. The molecule has 1 saturated carbocycles. The molecule has 2 saturated heterocycles. The average Bonchev–Trinajstić information content (AvgIpc) is 2.94. The highest BCUT2D eigenvalue weighted by molar-refractivity contribution is 4.90. The standard InChI is InChI=1S/C11H21N3/c1-2-10(1)13-5-7-14(8-6-13)11-3-4-12-9-11/h10-12H,1-9H2/t11-/m1/s1. The van der Waals surface area contributed by atoms with E-state index < -0.39 is 0 Å². The molecule has 3 heteroatoms. The predicted molar refractivity (Wildman–Crippen MR) is 57.4 cm³/mol. The fourth-order valence-corrected chi connectivity index (χ4v) is 2.86. The van der Waals surface area contributed by atoms with E-state index in [1.807, 2.05) is 0 Å². The van der Waals surface area contributed by atoms with Gasteiger partial charge >= 0.3 is 0 Å². The van der Waals surface area contributed by atoms with Gasteiger partial charge in [0, 0.05) is 44.8 Å². The minimum absolute atomic E-state index is 0.844. The van der Waals surface area contributed by atoms with Gasteiger partial charge in [-0.3, -0.25) is 9.80 Å². The van der Waals surface area contributed by atoms with Crippen LogP contribution >= 0.6 is 0 Å². The van der Waals surface area contributed by atoms with Gasteiger partial charge in [0.15, 0.2) is 0 Å². The van der Waals surface area contributed by atoms with Crippen LogP contribution in [0.1, 0.15) is 19.3 Å². The Hall–Kier alpha value is -0.120. The van der Waals surface area contributed by atoms with Gasteiger partial charge in [-0.15, -0.1) is 0 Å². The normalized spacial score (nSPS) is 36.4. The molecule has 14 heavy (non-hydrogen) atoms. The minimum atomic E-state index is 0.844. The molecule has 2 aliphatic heterocycles. The summed E-state index contributed by atoms with van der Waals surface area (Å²) in [5.74, 6) is 0. The van der Waals surface area contributed by atoms with Crippen LogP contribution < -0.4 is 5.32 Å². The smallest absolute Gasteiger partial charge is 0.0233 e. The van der Waals surface area contributed by atoms with Crippen LogP contribution in [0.3, 0.4) is 0 Å². The quantitative estimate of drug-likeness (QED) is 0.675. The monoisotopic (exact) mass is 195 g/mol. The molecule has 0 aromatic heterocycles. The topological polar surface area (TPSA) is 18.5 Å². The van der Waals surface area contributed by atoms with Gasteiger partial charge in [0.2, 0.25) is 0 Å². The van der Waals surface area contributed by atoms with E-state index in [2.05, 4.69) is 15.1 Å². The van der Waals surface area contributed by atoms with Gasteiger partial charge in [-0.05, 0) is 25.8 Å². The van der Waals surface area contributed by atoms with Crippen molar-refractivity contribution in [3.05, 3.63) is 0 Å². The van der Waals surface area contributed by atoms with E-state index in [1.54, 1.807) is 0 Å². The van der Waals surface area contributed by atoms with E-state index in [4.69, 9.17) is 0 Å². The summed E-state index contributed by atoms with van der Waals surface area (Å²) in [6.45, 7) is 7.71. The SMILES string of the molecule is C1C[C@@H](N2CCN(C3CC3)CC2)CN1. The van der Waals surface area contributed by atoms with E-state index >= 15 is 0 Å². The lowest BCUT2D eigenvalue weighted by molar-refractivity contribution is 0.0978. The molecule has 0 amide bonds. The van der Waals surface area contributed by atoms with E-state index in [0.29, 0.717) is 0 Å². The summed E-state index contributed by atoms with van der Waals surface area (Å²) in [5, 5.41) is 3.46. The molecule has 1 aliphatic carbocycles. The second-order valence-electron chi connectivity index (χ2n) is 4.95. The molecule has 0 radical (unpaired) electrons. The summed E-state index contributed by atoms with van der Waals surface area (Å²) in [7, 11) is 0. The summed E-state index contributed by atoms with van der Waals surface area (Å²) in [4.78, 5) is 5.39. The highest BCUT2D eigenvalue weighted by Gasteiger charge is 2.33. The number of hydrogen-bond acceptors (Lipinski definition) is 3. The first-order valence-electron chi connectivity index (χ1n) is 6.12. The molecule has 3 aliphatic rings. The third kappa shape index (κ3) is 1.81. The van der Waals surface area contributed by atoms with Gasteiger partial charge in [-0.1, -0.05) is 0 Å². The molecule has 1 N–H and O–H groups in total. The van der Waals surface area contributed by atoms with Gasteiger partial charge < -0.3 is 5.32 Å². The zero-order chi connectivity index (χ0) is 9.38. The van der Waals surface area contributed by atoms with Crippen molar-refractivity contribution in [2.45, 2.75) is 31.3 Å². The van der Waals surface area contributed by atoms with Gasteiger partial charge in [0.1, 0.15) is 0 Å². The van der Waals surface area contributed by atoms with Crippen LogP contribution in [0.4, 0.5) is 0 Å². The minimum Gasteiger partial charge on any atom is -0.315 e. The number of nitrogens with zero attached hydrogens (tertiary/aromatic N) is 2. The van der Waals surface area contributed by atoms with Crippen LogP contribution in [-0.2, 0) is 0 Å². The molecule has 0 spiro atoms. The first kappa shape index (κ1) is 9.13. The van der Waals surface area contributed by atoms with Crippen molar-refractivity contribution in [3.8, 4) is 0 Å². The predicted octanol–water partition coefficient (Wildman–Crippen LogP) is 0.128. The zero-order valence-electron chi connectivity index (χ0n) is 8.91. The fraction of sp³-hybridized carbons (Fsp3) is 1.00. The number of piperazine rings is 1. The molecule has 80 valence electrons. The Balaban J connectivity index is 1.49. The second kappa shape index (κ2) is 3.80. The molecule has 2 heterocycles. The zero-order valence-corrected chi connectivity index (χ0v) is 8.91. The van der Waals surface area contributed by atoms with Crippen LogP contribution in [0, 0.1) is 0 Å². The van der Waals surface area contributed by atoms with Crippen LogP contribution in [0.5, 0.6) is 0 Å². The Morgan fingerprint density at radius 3 is 1.93 bits per heavy atom. The molecule has 3 fully saturated rings. The Morgan fingerprint density at radius 1 is 0.786 bits per heavy atom. The van der Waals surface area contributed by atoms with E-state index in [0.717, 1.165) is 12.1 Å². The average molecular weight is 195 g/mol. The van der Waals surface area contributed by atoms with E-state index in [-0.39, 0.29) is 0 Å². The van der Waals surface area contributed by atoms with Crippen molar-refractivity contribution >= 4 is 0 Å². The van der Waals surface area contributed by atoms with Crippen molar-refractivity contribution in [2.75, 3.05) is 39.3 Å². The summed E-state index contributed by atoms with van der Waals surface area (Å²) in [6, 6.07) is 1.82. The fourth-order valence-electron chi connectivity index (χ4n) is 2.86. The highest BCUT2D eigenvalue weighted by atomic mass is 15.3. The molecule has 0 aromatic carbocycles. The first-order valence-corrected chi connectivity index (χ1v) is 6.12. The Kier molecular flexibility index (Phi) is 2.48. The Labute approximate surface area is 86.4 Å². The lowest BCUT2D eigenvalue weighted by atomic mass is 10.2. The maximum absolute atomic E-state index is 3.46. The van der Waals surface area contributed by atoms with Crippen molar-refractivity contribution in [2.24, 2.45) is 0 Å². The van der Waals surface area contributed by atoms with Crippen LogP contribution in [0.15, 0.2) is 0 Å². The second-order valence-corrected chi connectivity index (χ2v) is 4.95. The third-order valence-electron chi connectivity index (χ3n) is 3.96. The summed E-state index contributed by atoms with van der Waals surface area (Å²) in [6.07, 6.45) is 4.29. The Morgan fingerprint density at radius 2 is 1.43 bits per heavy atom. The maximum atomic E-state index is 3.46. The van der Waals surface area contributed by atoms with E-state index in [9.17, 15) is 0 Å². The van der Waals surface area contributed by atoms with Gasteiger partial charge in [0.05, 0.1) is 0 Å². The molecule has 0 aromatic rings. The van der Waals surface area contributed by atoms with Gasteiger partial charge in [-0.2, -0.15) is 0 Å². The molecular weight excluding hydrogens is 174 g/mol. The largest absolute Gasteiger partial charge is 0.315 e. The Bertz CT molecular complexity index is 189. The van der Waals surface area contributed by atoms with Gasteiger partial charge in [0.25, 0.3) is 0 Å². The van der Waals surface area contributed by atoms with Crippen LogP contribution in [0.25, 0.3) is 0 Å². The molecule has 0 unspecified atom stereocenters. The first-order chi connectivity index (χ1) is 6.93. The third-order valence-corrected chi connectivity index (χ3v) is 3.96. The van der Waals surface area contributed by atoms with Crippen LogP contribution in [0.2, 0.25) is 0 Å². The molecule has 3 rings (SSSR count). The number of rotatable bonds is 2. The van der Waals surface area contributed by atoms with Crippen molar-refractivity contribution < 1.29 is 0 Å².